The third-order valence-corrected chi connectivity index (χ3v) is 4.02. The van der Waals surface area contributed by atoms with Gasteiger partial charge in [0.2, 0.25) is 5.95 Å². The van der Waals surface area contributed by atoms with Crippen molar-refractivity contribution in [3.05, 3.63) is 35.0 Å². The van der Waals surface area contributed by atoms with Gasteiger partial charge < -0.3 is 19.5 Å². The fourth-order valence-electron chi connectivity index (χ4n) is 2.95. The van der Waals surface area contributed by atoms with Crippen molar-refractivity contribution in [1.29, 1.82) is 0 Å². The normalized spacial score (nSPS) is 16.3. The van der Waals surface area contributed by atoms with E-state index in [9.17, 15) is 18.0 Å². The number of tetrazole rings is 1. The van der Waals surface area contributed by atoms with E-state index in [2.05, 4.69) is 20.8 Å². The molecule has 0 saturated heterocycles. The molecule has 0 saturated carbocycles. The molecule has 1 aromatic carbocycles. The molecule has 1 aliphatic heterocycles. The second-order valence-corrected chi connectivity index (χ2v) is 5.56. The van der Waals surface area contributed by atoms with Gasteiger partial charge in [0, 0.05) is 5.56 Å². The number of hydrogen-bond acceptors (Lipinski definition) is 8. The fraction of sp³-hybridized carbons (Fsp3) is 0.375. The van der Waals surface area contributed by atoms with E-state index in [1.807, 2.05) is 0 Å². The summed E-state index contributed by atoms with van der Waals surface area (Å²) < 4.78 is 57.7. The Kier molecular flexibility index (Phi) is 5.12. The van der Waals surface area contributed by atoms with Crippen molar-refractivity contribution in [2.24, 2.45) is 0 Å². The van der Waals surface area contributed by atoms with Gasteiger partial charge in [-0.2, -0.15) is 17.9 Å². The maximum atomic E-state index is 13.7. The van der Waals surface area contributed by atoms with Crippen molar-refractivity contribution in [3.63, 3.8) is 0 Å². The predicted octanol–water partition coefficient (Wildman–Crippen LogP) is 2.08. The number of para-hydroxylation sites is 1. The van der Waals surface area contributed by atoms with Crippen LogP contribution in [0.1, 0.15) is 18.5 Å². The van der Waals surface area contributed by atoms with Crippen LogP contribution in [0, 0.1) is 0 Å². The smallest absolute Gasteiger partial charge is 0.431 e. The van der Waals surface area contributed by atoms with Crippen molar-refractivity contribution < 1.29 is 32.2 Å². The summed E-state index contributed by atoms with van der Waals surface area (Å²) in [4.78, 5) is 12.6. The minimum atomic E-state index is -4.89. The van der Waals surface area contributed by atoms with Crippen LogP contribution < -0.4 is 14.8 Å². The number of allylic oxidation sites excluding steroid dienone is 1. The van der Waals surface area contributed by atoms with E-state index in [-0.39, 0.29) is 29.6 Å². The summed E-state index contributed by atoms with van der Waals surface area (Å²) in [5, 5.41) is 12.8. The molecule has 9 nitrogen and oxygen atoms in total. The van der Waals surface area contributed by atoms with E-state index in [0.29, 0.717) is 0 Å². The second kappa shape index (κ2) is 7.37. The molecule has 0 amide bonds. The summed E-state index contributed by atoms with van der Waals surface area (Å²) in [6, 6.07) is 3.27. The van der Waals surface area contributed by atoms with Crippen LogP contribution in [0.2, 0.25) is 0 Å². The first-order chi connectivity index (χ1) is 13.3. The number of rotatable bonds is 5. The lowest BCUT2D eigenvalue weighted by atomic mass is 9.94. The van der Waals surface area contributed by atoms with Gasteiger partial charge >= 0.3 is 12.1 Å². The van der Waals surface area contributed by atoms with Gasteiger partial charge in [0.25, 0.3) is 0 Å². The number of nitrogens with zero attached hydrogens (tertiary/aromatic N) is 4. The standard InChI is InChI=1S/C16H16F3N5O4/c1-4-28-14(25)10-11(8-6-5-7-9(26-2)12(8)27-3)24-15(21-22-23-24)20-13(10)16(17,18)19/h5-7,11H,4H2,1-3H3,(H,20,21,23). The molecule has 1 aliphatic rings. The SMILES string of the molecule is CCOC(=O)C1=C(C(F)(F)F)Nc2nnnn2C1c1cccc(OC)c1OC. The van der Waals surface area contributed by atoms with Gasteiger partial charge in [-0.05, 0) is 23.4 Å². The molecule has 3 rings (SSSR count). The van der Waals surface area contributed by atoms with Crippen LogP contribution in [0.15, 0.2) is 29.5 Å². The molecule has 0 aliphatic carbocycles. The number of methoxy groups -OCH3 is 2. The molecule has 1 aromatic heterocycles. The van der Waals surface area contributed by atoms with E-state index in [4.69, 9.17) is 14.2 Å². The summed E-state index contributed by atoms with van der Waals surface area (Å²) >= 11 is 0. The molecule has 1 atom stereocenters. The van der Waals surface area contributed by atoms with Gasteiger partial charge in [-0.25, -0.2) is 4.79 Å². The Balaban J connectivity index is 2.33. The maximum Gasteiger partial charge on any atom is 0.431 e. The van der Waals surface area contributed by atoms with E-state index in [1.165, 1.54) is 27.2 Å². The molecule has 12 heteroatoms. The monoisotopic (exact) mass is 399 g/mol. The number of alkyl halides is 3. The van der Waals surface area contributed by atoms with Crippen LogP contribution in [0.3, 0.4) is 0 Å². The zero-order valence-electron chi connectivity index (χ0n) is 15.1. The van der Waals surface area contributed by atoms with E-state index in [1.54, 1.807) is 12.1 Å². The topological polar surface area (TPSA) is 100 Å². The molecule has 1 unspecified atom stereocenters. The van der Waals surface area contributed by atoms with E-state index < -0.39 is 29.5 Å². The minimum absolute atomic E-state index is 0.113. The van der Waals surface area contributed by atoms with E-state index >= 15 is 0 Å². The van der Waals surface area contributed by atoms with Crippen LogP contribution in [0.5, 0.6) is 11.5 Å². The molecular formula is C16H16F3N5O4. The zero-order chi connectivity index (χ0) is 20.5. The first kappa shape index (κ1) is 19.5. The fourth-order valence-corrected chi connectivity index (χ4v) is 2.95. The Labute approximate surface area is 157 Å². The number of anilines is 1. The lowest BCUT2D eigenvalue weighted by Crippen LogP contribution is -2.35. The summed E-state index contributed by atoms with van der Waals surface area (Å²) in [5.41, 5.74) is -1.80. The van der Waals surface area contributed by atoms with Crippen molar-refractivity contribution in [3.8, 4) is 11.5 Å². The number of ether oxygens (including phenoxy) is 3. The second-order valence-electron chi connectivity index (χ2n) is 5.56. The highest BCUT2D eigenvalue weighted by Gasteiger charge is 2.47. The number of nitrogens with one attached hydrogen (secondary N) is 1. The van der Waals surface area contributed by atoms with Crippen molar-refractivity contribution in [1.82, 2.24) is 20.2 Å². The number of aromatic nitrogens is 4. The number of fused-ring (bicyclic) bond motifs is 1. The average molecular weight is 399 g/mol. The quantitative estimate of drug-likeness (QED) is 0.763. The molecule has 150 valence electrons. The number of halogens is 3. The highest BCUT2D eigenvalue weighted by molar-refractivity contribution is 5.93. The van der Waals surface area contributed by atoms with Crippen LogP contribution in [0.4, 0.5) is 19.1 Å². The van der Waals surface area contributed by atoms with Gasteiger partial charge in [-0.3, -0.25) is 0 Å². The maximum absolute atomic E-state index is 13.7. The Morgan fingerprint density at radius 3 is 2.64 bits per heavy atom. The van der Waals surface area contributed by atoms with Crippen LogP contribution in [-0.4, -0.2) is 53.2 Å². The van der Waals surface area contributed by atoms with Gasteiger partial charge in [0.15, 0.2) is 11.5 Å². The Hall–Kier alpha value is -3.31. The third kappa shape index (κ3) is 3.21. The molecule has 0 bridgehead atoms. The molecule has 0 spiro atoms. The zero-order valence-corrected chi connectivity index (χ0v) is 15.1. The number of carbonyl (C=O) groups is 1. The largest absolute Gasteiger partial charge is 0.493 e. The van der Waals surface area contributed by atoms with Gasteiger partial charge in [0.05, 0.1) is 26.4 Å². The Bertz CT molecular complexity index is 925. The van der Waals surface area contributed by atoms with Gasteiger partial charge in [-0.1, -0.05) is 17.2 Å². The predicted molar refractivity (Wildman–Crippen MR) is 88.8 cm³/mol. The third-order valence-electron chi connectivity index (χ3n) is 4.02. The summed E-state index contributed by atoms with van der Waals surface area (Å²) in [7, 11) is 2.72. The van der Waals surface area contributed by atoms with E-state index in [0.717, 1.165) is 4.68 Å². The molecule has 1 N–H and O–H groups in total. The van der Waals surface area contributed by atoms with Crippen molar-refractivity contribution >= 4 is 11.9 Å². The number of benzene rings is 1. The molecule has 2 aromatic rings. The number of esters is 1. The molecule has 0 radical (unpaired) electrons. The van der Waals surface area contributed by atoms with Crippen LogP contribution in [0.25, 0.3) is 0 Å². The first-order valence-corrected chi connectivity index (χ1v) is 8.07. The lowest BCUT2D eigenvalue weighted by molar-refractivity contribution is -0.140. The van der Waals surface area contributed by atoms with Crippen LogP contribution >= 0.6 is 0 Å². The average Bonchev–Trinajstić information content (AvgIpc) is 3.13. The van der Waals surface area contributed by atoms with Gasteiger partial charge in [-0.15, -0.1) is 0 Å². The Morgan fingerprint density at radius 2 is 2.04 bits per heavy atom. The Morgan fingerprint density at radius 1 is 1.29 bits per heavy atom. The minimum Gasteiger partial charge on any atom is -0.493 e. The van der Waals surface area contributed by atoms with Gasteiger partial charge in [0.1, 0.15) is 11.7 Å². The highest BCUT2D eigenvalue weighted by Crippen LogP contribution is 2.45. The van der Waals surface area contributed by atoms with Crippen molar-refractivity contribution in [2.45, 2.75) is 19.1 Å². The first-order valence-electron chi connectivity index (χ1n) is 8.07. The summed E-state index contributed by atoms with van der Waals surface area (Å²) in [6.07, 6.45) is -4.89. The van der Waals surface area contributed by atoms with Crippen LogP contribution in [-0.2, 0) is 9.53 Å². The highest BCUT2D eigenvalue weighted by atomic mass is 19.4. The summed E-state index contributed by atoms with van der Waals surface area (Å²) in [6.45, 7) is 1.38. The molecule has 0 fully saturated rings. The number of hydrogen-bond donors (Lipinski definition) is 1. The molecular weight excluding hydrogens is 383 g/mol. The summed E-state index contributed by atoms with van der Waals surface area (Å²) in [5.74, 6) is -1.03. The molecule has 28 heavy (non-hydrogen) atoms. The molecule has 2 heterocycles. The van der Waals surface area contributed by atoms with Crippen molar-refractivity contribution in [2.75, 3.05) is 26.1 Å². The lowest BCUT2D eigenvalue weighted by Gasteiger charge is -2.30. The number of carbonyl (C=O) groups excluding carboxylic acids is 1.